The van der Waals surface area contributed by atoms with Crippen LogP contribution in [-0.2, 0) is 17.8 Å². The topological polar surface area (TPSA) is 65.4 Å². The Kier molecular flexibility index (Phi) is 5.82. The van der Waals surface area contributed by atoms with E-state index in [0.717, 1.165) is 18.5 Å². The number of aryl methyl sites for hydroxylation is 1. The molecule has 0 fully saturated rings. The number of carbonyl (C=O) groups excluding carboxylic acids is 1. The second kappa shape index (κ2) is 8.07. The van der Waals surface area contributed by atoms with E-state index in [1.807, 2.05) is 22.9 Å². The largest absolute Gasteiger partial charge is 0.497 e. The summed E-state index contributed by atoms with van der Waals surface area (Å²) >= 11 is 0. The third kappa shape index (κ3) is 4.51. The number of methoxy groups -OCH3 is 2. The molecule has 22 heavy (non-hydrogen) atoms. The molecule has 6 nitrogen and oxygen atoms in total. The van der Waals surface area contributed by atoms with Crippen LogP contribution in [0.25, 0.3) is 0 Å². The van der Waals surface area contributed by atoms with Crippen LogP contribution in [0.3, 0.4) is 0 Å². The zero-order valence-corrected chi connectivity index (χ0v) is 12.9. The fraction of sp³-hybridized carbons (Fsp3) is 0.375. The highest BCUT2D eigenvalue weighted by molar-refractivity contribution is 5.79. The molecule has 118 valence electrons. The molecule has 1 heterocycles. The van der Waals surface area contributed by atoms with Crippen LogP contribution in [0.4, 0.5) is 0 Å². The summed E-state index contributed by atoms with van der Waals surface area (Å²) in [6.45, 7) is 1.47. The summed E-state index contributed by atoms with van der Waals surface area (Å²) in [6, 6.07) is 5.45. The van der Waals surface area contributed by atoms with Gasteiger partial charge in [-0.05, 0) is 12.5 Å². The Balaban J connectivity index is 1.79. The molecule has 1 N–H and O–H groups in total. The lowest BCUT2D eigenvalue weighted by Crippen LogP contribution is -2.26. The van der Waals surface area contributed by atoms with Crippen molar-refractivity contribution >= 4 is 5.91 Å². The number of hydrogen-bond acceptors (Lipinski definition) is 4. The molecule has 6 heteroatoms. The number of nitrogens with zero attached hydrogens (tertiary/aromatic N) is 2. The van der Waals surface area contributed by atoms with Crippen molar-refractivity contribution in [1.29, 1.82) is 0 Å². The lowest BCUT2D eigenvalue weighted by atomic mass is 10.1. The first-order chi connectivity index (χ1) is 10.7. The van der Waals surface area contributed by atoms with Gasteiger partial charge in [0.2, 0.25) is 5.91 Å². The standard InChI is InChI=1S/C16H21N3O3/c1-21-14-5-4-13(15(11-14)22-2)10-16(20)18-6-3-8-19-9-7-17-12-19/h4-5,7,9,11-12H,3,6,8,10H2,1-2H3,(H,18,20). The lowest BCUT2D eigenvalue weighted by molar-refractivity contribution is -0.120. The molecule has 0 radical (unpaired) electrons. The number of amides is 1. The number of carbonyl (C=O) groups is 1. The third-order valence-corrected chi connectivity index (χ3v) is 3.32. The molecule has 0 atom stereocenters. The first-order valence-electron chi connectivity index (χ1n) is 7.16. The number of aromatic nitrogens is 2. The van der Waals surface area contributed by atoms with Crippen LogP contribution in [0.15, 0.2) is 36.9 Å². The quantitative estimate of drug-likeness (QED) is 0.753. The van der Waals surface area contributed by atoms with Gasteiger partial charge in [0.1, 0.15) is 11.5 Å². The van der Waals surface area contributed by atoms with E-state index in [1.165, 1.54) is 0 Å². The molecule has 0 aliphatic heterocycles. The monoisotopic (exact) mass is 303 g/mol. The van der Waals surface area contributed by atoms with Crippen molar-refractivity contribution in [3.63, 3.8) is 0 Å². The number of ether oxygens (including phenoxy) is 2. The van der Waals surface area contributed by atoms with E-state index < -0.39 is 0 Å². The highest BCUT2D eigenvalue weighted by atomic mass is 16.5. The van der Waals surface area contributed by atoms with Crippen LogP contribution in [0.2, 0.25) is 0 Å². The minimum absolute atomic E-state index is 0.0194. The predicted octanol–water partition coefficient (Wildman–Crippen LogP) is 1.65. The molecule has 0 spiro atoms. The highest BCUT2D eigenvalue weighted by Gasteiger charge is 2.09. The SMILES string of the molecule is COc1ccc(CC(=O)NCCCn2ccnc2)c(OC)c1. The van der Waals surface area contributed by atoms with Gasteiger partial charge in [-0.3, -0.25) is 4.79 Å². The second-order valence-corrected chi connectivity index (χ2v) is 4.86. The predicted molar refractivity (Wildman–Crippen MR) is 83.1 cm³/mol. The molecule has 2 aromatic rings. The third-order valence-electron chi connectivity index (χ3n) is 3.32. The van der Waals surface area contributed by atoms with E-state index in [0.29, 0.717) is 18.0 Å². The van der Waals surface area contributed by atoms with E-state index >= 15 is 0 Å². The van der Waals surface area contributed by atoms with Gasteiger partial charge in [0.05, 0.1) is 27.0 Å². The van der Waals surface area contributed by atoms with Crippen LogP contribution >= 0.6 is 0 Å². The van der Waals surface area contributed by atoms with Crippen LogP contribution in [-0.4, -0.2) is 36.2 Å². The Hall–Kier alpha value is -2.50. The van der Waals surface area contributed by atoms with E-state index in [-0.39, 0.29) is 12.3 Å². The first kappa shape index (κ1) is 15.9. The van der Waals surface area contributed by atoms with Gasteiger partial charge < -0.3 is 19.4 Å². The average Bonchev–Trinajstić information content (AvgIpc) is 3.05. The van der Waals surface area contributed by atoms with Gasteiger partial charge in [0.25, 0.3) is 0 Å². The maximum absolute atomic E-state index is 12.0. The summed E-state index contributed by atoms with van der Waals surface area (Å²) < 4.78 is 12.4. The Morgan fingerprint density at radius 3 is 2.86 bits per heavy atom. The van der Waals surface area contributed by atoms with Crippen molar-refractivity contribution in [3.05, 3.63) is 42.5 Å². The lowest BCUT2D eigenvalue weighted by Gasteiger charge is -2.11. The fourth-order valence-corrected chi connectivity index (χ4v) is 2.14. The molecule has 1 aromatic heterocycles. The summed E-state index contributed by atoms with van der Waals surface area (Å²) in [5.74, 6) is 1.35. The maximum atomic E-state index is 12.0. The van der Waals surface area contributed by atoms with Crippen molar-refractivity contribution in [2.24, 2.45) is 0 Å². The molecule has 0 aliphatic rings. The van der Waals surface area contributed by atoms with Gasteiger partial charge in [0, 0.05) is 37.1 Å². The number of hydrogen-bond donors (Lipinski definition) is 1. The van der Waals surface area contributed by atoms with E-state index in [2.05, 4.69) is 10.3 Å². The Labute approximate surface area is 130 Å². The minimum atomic E-state index is -0.0194. The minimum Gasteiger partial charge on any atom is -0.497 e. The Morgan fingerprint density at radius 1 is 1.32 bits per heavy atom. The van der Waals surface area contributed by atoms with Gasteiger partial charge in [-0.1, -0.05) is 6.07 Å². The summed E-state index contributed by atoms with van der Waals surface area (Å²) in [5.41, 5.74) is 0.843. The summed E-state index contributed by atoms with van der Waals surface area (Å²) in [6.07, 6.45) is 6.57. The highest BCUT2D eigenvalue weighted by Crippen LogP contribution is 2.24. The summed E-state index contributed by atoms with van der Waals surface area (Å²) in [7, 11) is 3.18. The van der Waals surface area contributed by atoms with E-state index in [1.54, 1.807) is 32.8 Å². The van der Waals surface area contributed by atoms with Crippen molar-refractivity contribution in [1.82, 2.24) is 14.9 Å². The van der Waals surface area contributed by atoms with Gasteiger partial charge in [-0.2, -0.15) is 0 Å². The molecule has 0 bridgehead atoms. The molecule has 0 saturated carbocycles. The van der Waals surface area contributed by atoms with Crippen LogP contribution in [0.5, 0.6) is 11.5 Å². The van der Waals surface area contributed by atoms with Crippen LogP contribution in [0.1, 0.15) is 12.0 Å². The summed E-state index contributed by atoms with van der Waals surface area (Å²) in [5, 5.41) is 2.91. The maximum Gasteiger partial charge on any atom is 0.224 e. The summed E-state index contributed by atoms with van der Waals surface area (Å²) in [4.78, 5) is 16.0. The van der Waals surface area contributed by atoms with Crippen LogP contribution < -0.4 is 14.8 Å². The van der Waals surface area contributed by atoms with E-state index in [9.17, 15) is 4.79 Å². The molecule has 0 unspecified atom stereocenters. The molecular formula is C16H21N3O3. The molecule has 0 aliphatic carbocycles. The zero-order chi connectivity index (χ0) is 15.8. The molecule has 0 saturated heterocycles. The normalized spacial score (nSPS) is 10.3. The Morgan fingerprint density at radius 2 is 2.18 bits per heavy atom. The smallest absolute Gasteiger partial charge is 0.224 e. The number of rotatable bonds is 8. The van der Waals surface area contributed by atoms with Crippen molar-refractivity contribution < 1.29 is 14.3 Å². The first-order valence-corrected chi connectivity index (χ1v) is 7.16. The second-order valence-electron chi connectivity index (χ2n) is 4.86. The number of imidazole rings is 1. The van der Waals surface area contributed by atoms with Crippen molar-refractivity contribution in [2.75, 3.05) is 20.8 Å². The molecule has 1 aromatic carbocycles. The molecule has 2 rings (SSSR count). The van der Waals surface area contributed by atoms with E-state index in [4.69, 9.17) is 9.47 Å². The molecule has 1 amide bonds. The fourth-order valence-electron chi connectivity index (χ4n) is 2.14. The van der Waals surface area contributed by atoms with Crippen molar-refractivity contribution in [2.45, 2.75) is 19.4 Å². The number of nitrogens with one attached hydrogen (secondary N) is 1. The van der Waals surface area contributed by atoms with Crippen molar-refractivity contribution in [3.8, 4) is 11.5 Å². The average molecular weight is 303 g/mol. The Bertz CT molecular complexity index is 597. The molecular weight excluding hydrogens is 282 g/mol. The van der Waals surface area contributed by atoms with Gasteiger partial charge in [-0.15, -0.1) is 0 Å². The number of benzene rings is 1. The zero-order valence-electron chi connectivity index (χ0n) is 12.9. The van der Waals surface area contributed by atoms with Gasteiger partial charge in [0.15, 0.2) is 0 Å². The van der Waals surface area contributed by atoms with Gasteiger partial charge in [-0.25, -0.2) is 4.98 Å². The van der Waals surface area contributed by atoms with Gasteiger partial charge >= 0.3 is 0 Å². The van der Waals surface area contributed by atoms with Crippen LogP contribution in [0, 0.1) is 0 Å².